The molecule has 1 amide bonds. The Bertz CT molecular complexity index is 1370. The van der Waals surface area contributed by atoms with Crippen molar-refractivity contribution in [1.29, 1.82) is 0 Å². The van der Waals surface area contributed by atoms with Gasteiger partial charge in [-0.2, -0.15) is 0 Å². The van der Waals surface area contributed by atoms with E-state index in [2.05, 4.69) is 11.6 Å². The Labute approximate surface area is 209 Å². The number of likely N-dealkylation sites (tertiary alicyclic amines) is 1. The van der Waals surface area contributed by atoms with E-state index in [1.54, 1.807) is 60.9 Å². The number of hydrogen-bond donors (Lipinski definition) is 1. The maximum absolute atomic E-state index is 13.4. The van der Waals surface area contributed by atoms with Crippen LogP contribution in [0.15, 0.2) is 85.2 Å². The molecule has 36 heavy (non-hydrogen) atoms. The van der Waals surface area contributed by atoms with Crippen LogP contribution in [0.1, 0.15) is 35.2 Å². The van der Waals surface area contributed by atoms with Crippen LogP contribution in [0.2, 0.25) is 0 Å². The SMILES string of the molecule is C=CCOc1cccc([C@@H]2C(=C(O)c3ccc4c(c3)C[C@H](C)O4)C(=O)C(=O)N2Cc2ccncc2)c1. The number of pyridine rings is 1. The van der Waals surface area contributed by atoms with Crippen LogP contribution in [0.4, 0.5) is 0 Å². The molecule has 0 saturated carbocycles. The van der Waals surface area contributed by atoms with Crippen molar-refractivity contribution in [2.75, 3.05) is 6.61 Å². The molecule has 0 unspecified atom stereocenters. The van der Waals surface area contributed by atoms with Crippen LogP contribution in [0.3, 0.4) is 0 Å². The molecule has 3 aromatic rings. The van der Waals surface area contributed by atoms with E-state index < -0.39 is 17.7 Å². The van der Waals surface area contributed by atoms with Crippen LogP contribution in [0.25, 0.3) is 5.76 Å². The molecule has 1 fully saturated rings. The number of aliphatic hydroxyl groups is 1. The van der Waals surface area contributed by atoms with E-state index in [0.717, 1.165) is 16.9 Å². The number of carbonyl (C=O) groups excluding carboxylic acids is 2. The summed E-state index contributed by atoms with van der Waals surface area (Å²) in [5.41, 5.74) is 2.94. The highest BCUT2D eigenvalue weighted by Gasteiger charge is 2.46. The smallest absolute Gasteiger partial charge is 0.295 e. The number of benzene rings is 2. The summed E-state index contributed by atoms with van der Waals surface area (Å²) < 4.78 is 11.5. The summed E-state index contributed by atoms with van der Waals surface area (Å²) in [6.07, 6.45) is 5.66. The normalized spacial score (nSPS) is 20.2. The van der Waals surface area contributed by atoms with Gasteiger partial charge in [0.25, 0.3) is 11.7 Å². The van der Waals surface area contributed by atoms with Crippen LogP contribution < -0.4 is 9.47 Å². The molecule has 2 aliphatic rings. The molecule has 182 valence electrons. The fourth-order valence-corrected chi connectivity index (χ4v) is 4.73. The third-order valence-electron chi connectivity index (χ3n) is 6.35. The van der Waals surface area contributed by atoms with E-state index in [-0.39, 0.29) is 24.0 Å². The van der Waals surface area contributed by atoms with Gasteiger partial charge in [0.05, 0.1) is 11.6 Å². The minimum absolute atomic E-state index is 0.0432. The highest BCUT2D eigenvalue weighted by atomic mass is 16.5. The predicted molar refractivity (Wildman–Crippen MR) is 134 cm³/mol. The predicted octanol–water partition coefficient (Wildman–Crippen LogP) is 4.59. The van der Waals surface area contributed by atoms with Crippen molar-refractivity contribution in [2.45, 2.75) is 32.0 Å². The number of rotatable bonds is 7. The van der Waals surface area contributed by atoms with Crippen LogP contribution in [-0.2, 0) is 22.6 Å². The lowest BCUT2D eigenvalue weighted by Crippen LogP contribution is -2.29. The molecule has 0 spiro atoms. The maximum Gasteiger partial charge on any atom is 0.295 e. The molecule has 1 N–H and O–H groups in total. The molecule has 7 heteroatoms. The molecule has 7 nitrogen and oxygen atoms in total. The second-order valence-corrected chi connectivity index (χ2v) is 8.91. The van der Waals surface area contributed by atoms with Crippen LogP contribution >= 0.6 is 0 Å². The van der Waals surface area contributed by atoms with Gasteiger partial charge in [0.15, 0.2) is 0 Å². The molecule has 0 aliphatic carbocycles. The van der Waals surface area contributed by atoms with E-state index in [1.165, 1.54) is 4.90 Å². The number of Topliss-reactive ketones (excluding diaryl/α,β-unsaturated/α-hetero) is 1. The van der Waals surface area contributed by atoms with E-state index >= 15 is 0 Å². The number of aromatic nitrogens is 1. The van der Waals surface area contributed by atoms with E-state index in [4.69, 9.17) is 9.47 Å². The summed E-state index contributed by atoms with van der Waals surface area (Å²) in [6, 6.07) is 15.3. The second kappa shape index (κ2) is 9.70. The lowest BCUT2D eigenvalue weighted by Gasteiger charge is -2.25. The molecule has 1 aromatic heterocycles. The van der Waals surface area contributed by atoms with Gasteiger partial charge in [-0.05, 0) is 66.1 Å². The van der Waals surface area contributed by atoms with Crippen LogP contribution in [-0.4, -0.2) is 39.4 Å². The highest BCUT2D eigenvalue weighted by Crippen LogP contribution is 2.42. The van der Waals surface area contributed by atoms with Gasteiger partial charge in [-0.15, -0.1) is 0 Å². The van der Waals surface area contributed by atoms with Gasteiger partial charge in [0.1, 0.15) is 30.0 Å². The summed E-state index contributed by atoms with van der Waals surface area (Å²) >= 11 is 0. The van der Waals surface area contributed by atoms with Crippen molar-refractivity contribution in [1.82, 2.24) is 9.88 Å². The third-order valence-corrected chi connectivity index (χ3v) is 6.35. The van der Waals surface area contributed by atoms with Gasteiger partial charge < -0.3 is 19.5 Å². The number of nitrogens with zero attached hydrogens (tertiary/aromatic N) is 2. The number of aliphatic hydroxyl groups excluding tert-OH is 1. The van der Waals surface area contributed by atoms with E-state index in [1.807, 2.05) is 19.1 Å². The Morgan fingerprint density at radius 3 is 2.78 bits per heavy atom. The standard InChI is InChI=1S/C29H26N2O5/c1-3-13-35-23-6-4-5-20(16-23)26-25(27(32)21-7-8-24-22(15-21)14-18(2)36-24)28(33)29(34)31(26)17-19-9-11-30-12-10-19/h3-12,15-16,18,26,32H,1,13-14,17H2,2H3/t18-,26+/m0/s1. The summed E-state index contributed by atoms with van der Waals surface area (Å²) in [7, 11) is 0. The first-order valence-corrected chi connectivity index (χ1v) is 11.8. The average Bonchev–Trinajstić information content (AvgIpc) is 3.39. The Hall–Kier alpha value is -4.39. The van der Waals surface area contributed by atoms with Gasteiger partial charge in [0, 0.05) is 30.9 Å². The van der Waals surface area contributed by atoms with Gasteiger partial charge in [0.2, 0.25) is 0 Å². The van der Waals surface area contributed by atoms with Crippen molar-refractivity contribution >= 4 is 17.4 Å². The first kappa shape index (κ1) is 23.4. The summed E-state index contributed by atoms with van der Waals surface area (Å²) in [5.74, 6) is -0.273. The monoisotopic (exact) mass is 482 g/mol. The van der Waals surface area contributed by atoms with Crippen molar-refractivity contribution < 1.29 is 24.2 Å². The lowest BCUT2D eigenvalue weighted by atomic mass is 9.94. The first-order chi connectivity index (χ1) is 17.5. The summed E-state index contributed by atoms with van der Waals surface area (Å²) in [5, 5.41) is 11.4. The zero-order chi connectivity index (χ0) is 25.2. The Balaban J connectivity index is 1.62. The first-order valence-electron chi connectivity index (χ1n) is 11.8. The fourth-order valence-electron chi connectivity index (χ4n) is 4.73. The van der Waals surface area contributed by atoms with Gasteiger partial charge >= 0.3 is 0 Å². The Morgan fingerprint density at radius 1 is 1.19 bits per heavy atom. The number of hydrogen-bond acceptors (Lipinski definition) is 6. The molecule has 0 bridgehead atoms. The molecule has 0 radical (unpaired) electrons. The Kier molecular flexibility index (Phi) is 6.29. The highest BCUT2D eigenvalue weighted by molar-refractivity contribution is 6.46. The van der Waals surface area contributed by atoms with Gasteiger partial charge in [-0.25, -0.2) is 0 Å². The molecule has 3 heterocycles. The quantitative estimate of drug-likeness (QED) is 0.229. The molecular weight excluding hydrogens is 456 g/mol. The van der Waals surface area contributed by atoms with Crippen molar-refractivity contribution in [3.8, 4) is 11.5 Å². The molecule has 2 aliphatic heterocycles. The number of fused-ring (bicyclic) bond motifs is 1. The van der Waals surface area contributed by atoms with Crippen molar-refractivity contribution in [3.63, 3.8) is 0 Å². The number of carbonyl (C=O) groups is 2. The van der Waals surface area contributed by atoms with Gasteiger partial charge in [-0.3, -0.25) is 14.6 Å². The summed E-state index contributed by atoms with van der Waals surface area (Å²) in [6.45, 7) is 6.15. The lowest BCUT2D eigenvalue weighted by molar-refractivity contribution is -0.140. The minimum Gasteiger partial charge on any atom is -0.507 e. The second-order valence-electron chi connectivity index (χ2n) is 8.91. The van der Waals surface area contributed by atoms with Crippen LogP contribution in [0, 0.1) is 0 Å². The molecule has 2 aromatic carbocycles. The fraction of sp³-hybridized carbons (Fsp3) is 0.207. The average molecular weight is 483 g/mol. The van der Waals surface area contributed by atoms with Crippen molar-refractivity contribution in [3.05, 3.63) is 107 Å². The van der Waals surface area contributed by atoms with E-state index in [9.17, 15) is 14.7 Å². The number of ether oxygens (including phenoxy) is 2. The largest absolute Gasteiger partial charge is 0.507 e. The van der Waals surface area contributed by atoms with E-state index in [0.29, 0.717) is 29.9 Å². The maximum atomic E-state index is 13.4. The Morgan fingerprint density at radius 2 is 2.00 bits per heavy atom. The zero-order valence-electron chi connectivity index (χ0n) is 19.9. The van der Waals surface area contributed by atoms with Crippen LogP contribution in [0.5, 0.6) is 11.5 Å². The summed E-state index contributed by atoms with van der Waals surface area (Å²) in [4.78, 5) is 32.1. The molecule has 5 rings (SSSR count). The minimum atomic E-state index is -0.797. The van der Waals surface area contributed by atoms with Gasteiger partial charge in [-0.1, -0.05) is 24.8 Å². The molecule has 2 atom stereocenters. The molecule has 1 saturated heterocycles. The zero-order valence-corrected chi connectivity index (χ0v) is 19.9. The number of ketones is 1. The third kappa shape index (κ3) is 4.35. The molecular formula is C29H26N2O5. The van der Waals surface area contributed by atoms with Crippen molar-refractivity contribution in [2.24, 2.45) is 0 Å². The number of amides is 1. The topological polar surface area (TPSA) is 89.0 Å².